The van der Waals surface area contributed by atoms with Gasteiger partial charge in [-0.3, -0.25) is 14.6 Å². The molecule has 136 valence electrons. The summed E-state index contributed by atoms with van der Waals surface area (Å²) in [5.41, 5.74) is 1.09. The van der Waals surface area contributed by atoms with Crippen LogP contribution in [-0.2, 0) is 6.54 Å². The Morgan fingerprint density at radius 1 is 1.00 bits per heavy atom. The number of anilines is 1. The van der Waals surface area contributed by atoms with E-state index in [4.69, 9.17) is 11.6 Å². The van der Waals surface area contributed by atoms with E-state index in [1.807, 2.05) is 6.07 Å². The molecular weight excluding hydrogens is 369 g/mol. The summed E-state index contributed by atoms with van der Waals surface area (Å²) in [7, 11) is 0. The van der Waals surface area contributed by atoms with Crippen molar-refractivity contribution in [2.75, 3.05) is 5.32 Å². The largest absolute Gasteiger partial charge is 0.347 e. The SMILES string of the molecule is O=C(Nc1ccccc1F)c1ccnc(C(=O)NCc2ccccc2Cl)c1. The summed E-state index contributed by atoms with van der Waals surface area (Å²) in [5.74, 6) is -1.53. The summed E-state index contributed by atoms with van der Waals surface area (Å²) >= 11 is 6.06. The lowest BCUT2D eigenvalue weighted by molar-refractivity contribution is 0.0946. The smallest absolute Gasteiger partial charge is 0.270 e. The highest BCUT2D eigenvalue weighted by molar-refractivity contribution is 6.31. The maximum absolute atomic E-state index is 13.7. The van der Waals surface area contributed by atoms with Crippen molar-refractivity contribution < 1.29 is 14.0 Å². The van der Waals surface area contributed by atoms with Gasteiger partial charge in [0.1, 0.15) is 11.5 Å². The third-order valence-electron chi connectivity index (χ3n) is 3.77. The first-order valence-corrected chi connectivity index (χ1v) is 8.46. The van der Waals surface area contributed by atoms with Crippen LogP contribution in [0.1, 0.15) is 26.4 Å². The van der Waals surface area contributed by atoms with Gasteiger partial charge in [-0.25, -0.2) is 4.39 Å². The Kier molecular flexibility index (Phi) is 5.78. The van der Waals surface area contributed by atoms with Gasteiger partial charge >= 0.3 is 0 Å². The van der Waals surface area contributed by atoms with E-state index < -0.39 is 17.6 Å². The summed E-state index contributed by atoms with van der Waals surface area (Å²) in [6.07, 6.45) is 1.35. The molecule has 0 radical (unpaired) electrons. The predicted molar refractivity (Wildman–Crippen MR) is 101 cm³/mol. The van der Waals surface area contributed by atoms with Crippen LogP contribution in [0.4, 0.5) is 10.1 Å². The molecule has 0 saturated carbocycles. The molecule has 1 aromatic heterocycles. The zero-order valence-corrected chi connectivity index (χ0v) is 14.8. The molecule has 7 heteroatoms. The molecule has 0 fully saturated rings. The number of carbonyl (C=O) groups excluding carboxylic acids is 2. The molecule has 0 unspecified atom stereocenters. The quantitative estimate of drug-likeness (QED) is 0.698. The molecule has 1 heterocycles. The zero-order valence-electron chi connectivity index (χ0n) is 14.1. The van der Waals surface area contributed by atoms with Crippen LogP contribution in [0.25, 0.3) is 0 Å². The fraction of sp³-hybridized carbons (Fsp3) is 0.0500. The minimum Gasteiger partial charge on any atom is -0.347 e. The van der Waals surface area contributed by atoms with E-state index in [0.717, 1.165) is 5.56 Å². The van der Waals surface area contributed by atoms with Crippen LogP contribution in [0.3, 0.4) is 0 Å². The van der Waals surface area contributed by atoms with Crippen LogP contribution in [0.15, 0.2) is 66.9 Å². The summed E-state index contributed by atoms with van der Waals surface area (Å²) in [6.45, 7) is 0.228. The highest BCUT2D eigenvalue weighted by Gasteiger charge is 2.13. The van der Waals surface area contributed by atoms with Crippen molar-refractivity contribution in [3.05, 3.63) is 94.5 Å². The lowest BCUT2D eigenvalue weighted by Gasteiger charge is -2.09. The number of nitrogens with one attached hydrogen (secondary N) is 2. The van der Waals surface area contributed by atoms with E-state index in [-0.39, 0.29) is 23.5 Å². The van der Waals surface area contributed by atoms with Gasteiger partial charge in [0.15, 0.2) is 0 Å². The van der Waals surface area contributed by atoms with E-state index in [1.165, 1.54) is 36.5 Å². The van der Waals surface area contributed by atoms with Crippen molar-refractivity contribution >= 4 is 29.1 Å². The van der Waals surface area contributed by atoms with E-state index in [0.29, 0.717) is 5.02 Å². The van der Waals surface area contributed by atoms with Crippen molar-refractivity contribution in [1.29, 1.82) is 0 Å². The molecule has 3 aromatic rings. The summed E-state index contributed by atoms with van der Waals surface area (Å²) in [4.78, 5) is 28.6. The maximum atomic E-state index is 13.7. The van der Waals surface area contributed by atoms with Crippen LogP contribution in [0.5, 0.6) is 0 Å². The molecule has 2 N–H and O–H groups in total. The highest BCUT2D eigenvalue weighted by Crippen LogP contribution is 2.16. The van der Waals surface area contributed by atoms with Crippen LogP contribution >= 0.6 is 11.6 Å². The fourth-order valence-corrected chi connectivity index (χ4v) is 2.56. The minimum atomic E-state index is -0.544. The monoisotopic (exact) mass is 383 g/mol. The summed E-state index contributed by atoms with van der Waals surface area (Å²) in [6, 6.07) is 15.8. The van der Waals surface area contributed by atoms with Gasteiger partial charge < -0.3 is 10.6 Å². The van der Waals surface area contributed by atoms with Gasteiger partial charge in [-0.2, -0.15) is 0 Å². The molecule has 0 aliphatic carbocycles. The zero-order chi connectivity index (χ0) is 19.2. The van der Waals surface area contributed by atoms with Gasteiger partial charge in [0.25, 0.3) is 11.8 Å². The van der Waals surface area contributed by atoms with Crippen molar-refractivity contribution in [2.45, 2.75) is 6.54 Å². The number of aromatic nitrogens is 1. The van der Waals surface area contributed by atoms with E-state index in [9.17, 15) is 14.0 Å². The van der Waals surface area contributed by atoms with Crippen LogP contribution < -0.4 is 10.6 Å². The number of para-hydroxylation sites is 1. The van der Waals surface area contributed by atoms with Gasteiger partial charge in [0.05, 0.1) is 5.69 Å². The topological polar surface area (TPSA) is 71.1 Å². The number of rotatable bonds is 5. The lowest BCUT2D eigenvalue weighted by Crippen LogP contribution is -2.24. The van der Waals surface area contributed by atoms with Crippen molar-refractivity contribution in [2.24, 2.45) is 0 Å². The molecule has 0 bridgehead atoms. The first-order valence-electron chi connectivity index (χ1n) is 8.08. The number of hydrogen-bond acceptors (Lipinski definition) is 3. The highest BCUT2D eigenvalue weighted by atomic mass is 35.5. The number of amides is 2. The summed E-state index contributed by atoms with van der Waals surface area (Å²) < 4.78 is 13.7. The fourth-order valence-electron chi connectivity index (χ4n) is 2.36. The van der Waals surface area contributed by atoms with Crippen LogP contribution in [0, 0.1) is 5.82 Å². The molecule has 0 spiro atoms. The number of halogens is 2. The average molecular weight is 384 g/mol. The van der Waals surface area contributed by atoms with E-state index in [1.54, 1.807) is 24.3 Å². The summed E-state index contributed by atoms with van der Waals surface area (Å²) in [5, 5.41) is 5.72. The first kappa shape index (κ1) is 18.5. The molecule has 0 saturated heterocycles. The molecule has 0 aliphatic rings. The third kappa shape index (κ3) is 4.68. The molecule has 3 rings (SSSR count). The first-order chi connectivity index (χ1) is 13.0. The molecule has 27 heavy (non-hydrogen) atoms. The van der Waals surface area contributed by atoms with Gasteiger partial charge in [-0.1, -0.05) is 41.9 Å². The Labute approximate surface area is 160 Å². The van der Waals surface area contributed by atoms with Crippen molar-refractivity contribution in [1.82, 2.24) is 10.3 Å². The van der Waals surface area contributed by atoms with Gasteiger partial charge in [-0.15, -0.1) is 0 Å². The maximum Gasteiger partial charge on any atom is 0.270 e. The van der Waals surface area contributed by atoms with Crippen LogP contribution in [-0.4, -0.2) is 16.8 Å². The van der Waals surface area contributed by atoms with Gasteiger partial charge in [-0.05, 0) is 35.9 Å². The number of benzene rings is 2. The molecule has 2 amide bonds. The second-order valence-electron chi connectivity index (χ2n) is 5.64. The molecular formula is C20H15ClFN3O2. The van der Waals surface area contributed by atoms with Gasteiger partial charge in [0.2, 0.25) is 0 Å². The predicted octanol–water partition coefficient (Wildman–Crippen LogP) is 4.06. The standard InChI is InChI=1S/C20H15ClFN3O2/c21-15-6-2-1-5-14(15)12-24-20(27)18-11-13(9-10-23-18)19(26)25-17-8-4-3-7-16(17)22/h1-11H,12H2,(H,24,27)(H,25,26). The van der Waals surface area contributed by atoms with Crippen molar-refractivity contribution in [3.8, 4) is 0 Å². The number of hydrogen-bond donors (Lipinski definition) is 2. The normalized spacial score (nSPS) is 10.3. The average Bonchev–Trinajstić information content (AvgIpc) is 2.69. The molecule has 0 atom stereocenters. The Balaban J connectivity index is 1.69. The molecule has 5 nitrogen and oxygen atoms in total. The van der Waals surface area contributed by atoms with Crippen LogP contribution in [0.2, 0.25) is 5.02 Å². The molecule has 2 aromatic carbocycles. The molecule has 0 aliphatic heterocycles. The van der Waals surface area contributed by atoms with Gasteiger partial charge in [0, 0.05) is 23.3 Å². The minimum absolute atomic E-state index is 0.0593. The second-order valence-corrected chi connectivity index (χ2v) is 6.05. The Morgan fingerprint density at radius 3 is 2.52 bits per heavy atom. The number of nitrogens with zero attached hydrogens (tertiary/aromatic N) is 1. The van der Waals surface area contributed by atoms with E-state index in [2.05, 4.69) is 15.6 Å². The number of carbonyl (C=O) groups is 2. The number of pyridine rings is 1. The Morgan fingerprint density at radius 2 is 1.74 bits per heavy atom. The Hall–Kier alpha value is -3.25. The second kappa shape index (κ2) is 8.42. The van der Waals surface area contributed by atoms with Crippen molar-refractivity contribution in [3.63, 3.8) is 0 Å². The van der Waals surface area contributed by atoms with E-state index >= 15 is 0 Å². The lowest BCUT2D eigenvalue weighted by atomic mass is 10.2. The third-order valence-corrected chi connectivity index (χ3v) is 4.14. The Bertz CT molecular complexity index is 994.